The maximum absolute atomic E-state index is 14.4. The molecule has 0 unspecified atom stereocenters. The summed E-state index contributed by atoms with van der Waals surface area (Å²) < 4.78 is 83.9. The van der Waals surface area contributed by atoms with Crippen molar-refractivity contribution >= 4 is 110 Å². The Balaban J connectivity index is 0.000000150. The smallest absolute Gasteiger partial charge is 0.870 e. The normalized spacial score (nSPS) is 12.2. The summed E-state index contributed by atoms with van der Waals surface area (Å²) in [5, 5.41) is 22.7. The molecular formula is C69H51Cl5F4N15NaO10. The van der Waals surface area contributed by atoms with E-state index in [1.54, 1.807) is 25.3 Å². The van der Waals surface area contributed by atoms with Crippen LogP contribution in [0.2, 0.25) is 25.2 Å². The van der Waals surface area contributed by atoms with Crippen molar-refractivity contribution in [2.75, 3.05) is 56.0 Å². The second kappa shape index (κ2) is 34.4. The van der Waals surface area contributed by atoms with Gasteiger partial charge < -0.3 is 55.5 Å². The number of ether oxygens (including phenoxy) is 5. The third-order valence-electron chi connectivity index (χ3n) is 15.1. The van der Waals surface area contributed by atoms with Gasteiger partial charge in [-0.25, -0.2) is 67.0 Å². The van der Waals surface area contributed by atoms with Crippen LogP contribution in [0.5, 0.6) is 23.0 Å². The van der Waals surface area contributed by atoms with Crippen LogP contribution in [-0.2, 0) is 30.4 Å². The molecule has 6 N–H and O–H groups in total. The third kappa shape index (κ3) is 17.5. The average molecular weight is 1530 g/mol. The molecule has 104 heavy (non-hydrogen) atoms. The van der Waals surface area contributed by atoms with Gasteiger partial charge in [-0.05, 0) is 97.9 Å². The van der Waals surface area contributed by atoms with E-state index in [0.29, 0.717) is 147 Å². The first-order valence-corrected chi connectivity index (χ1v) is 32.6. The number of halogens is 9. The van der Waals surface area contributed by atoms with Crippen LogP contribution in [0.1, 0.15) is 60.8 Å². The van der Waals surface area contributed by atoms with E-state index in [-0.39, 0.29) is 121 Å². The number of amides is 1. The maximum Gasteiger partial charge on any atom is 1.00 e. The molecule has 15 rings (SSSR count). The van der Waals surface area contributed by atoms with Crippen molar-refractivity contribution in [2.45, 2.75) is 32.6 Å². The molecule has 4 aliphatic rings. The fourth-order valence-corrected chi connectivity index (χ4v) is 11.3. The topological polar surface area (TPSA) is 337 Å². The first kappa shape index (κ1) is 76.4. The first-order valence-electron chi connectivity index (χ1n) is 30.7. The molecule has 7 aromatic heterocycles. The third-order valence-corrected chi connectivity index (χ3v) is 16.3. The molecule has 4 aromatic carbocycles. The van der Waals surface area contributed by atoms with E-state index in [0.717, 1.165) is 0 Å². The van der Waals surface area contributed by atoms with Gasteiger partial charge in [-0.15, -0.1) is 0 Å². The molecule has 35 heteroatoms. The van der Waals surface area contributed by atoms with Crippen LogP contribution in [0.25, 0.3) is 45.6 Å². The summed E-state index contributed by atoms with van der Waals surface area (Å²) in [5.74, 6) is -0.424. The van der Waals surface area contributed by atoms with Gasteiger partial charge in [-0.3, -0.25) is 19.7 Å². The number of fused-ring (bicyclic) bond motifs is 4. The molecule has 0 saturated carbocycles. The summed E-state index contributed by atoms with van der Waals surface area (Å²) in [6, 6.07) is 21.5. The summed E-state index contributed by atoms with van der Waals surface area (Å²) >= 11 is 29.8. The molecule has 0 spiro atoms. The minimum absolute atomic E-state index is 0. The van der Waals surface area contributed by atoms with Crippen molar-refractivity contribution < 1.29 is 95.8 Å². The predicted octanol–water partition coefficient (Wildman–Crippen LogP) is 11.6. The minimum atomic E-state index is -1.14. The van der Waals surface area contributed by atoms with Crippen molar-refractivity contribution in [3.05, 3.63) is 216 Å². The quantitative estimate of drug-likeness (QED) is 0.0292. The number of aromatic carboxylic acids is 1. The van der Waals surface area contributed by atoms with Gasteiger partial charge in [-0.2, -0.15) is 0 Å². The molecular weight excluding hydrogens is 1480 g/mol. The molecule has 1 amide bonds. The average Bonchev–Trinajstić information content (AvgIpc) is 1.47. The molecule has 526 valence electrons. The number of aromatic nitrogens is 11. The zero-order valence-electron chi connectivity index (χ0n) is 54.5. The number of esters is 1. The van der Waals surface area contributed by atoms with E-state index >= 15 is 0 Å². The number of carboxylic acid groups (broad SMARTS) is 1. The van der Waals surface area contributed by atoms with Gasteiger partial charge in [0.2, 0.25) is 0 Å². The predicted molar refractivity (Wildman–Crippen MR) is 372 cm³/mol. The van der Waals surface area contributed by atoms with Crippen molar-refractivity contribution in [1.29, 1.82) is 0 Å². The van der Waals surface area contributed by atoms with Crippen molar-refractivity contribution in [1.82, 2.24) is 60.1 Å². The first-order chi connectivity index (χ1) is 49.3. The molecule has 11 aromatic rings. The van der Waals surface area contributed by atoms with Crippen LogP contribution in [0.3, 0.4) is 0 Å². The van der Waals surface area contributed by atoms with Crippen LogP contribution < -0.4 is 69.8 Å². The standard InChI is InChI=1S/C20H16ClFN4O3.C19H15ClFN5O2.C18H12ClFN4O3.C12H7Cl2FN2O.Na.H2O/c1-2-28-20(27)13-10-23-7-5-15(13)24-19-17-16(6-8-29-17)25-18(26-19)12-9-11(21)3-4-14(12)22;1-22-19(27)12-9-23-6-4-14(12)24-18-16-15(5-7-28-16)25-17(26-18)11-8-10(20)2-3-13(11)21;19-9-1-2-12(20)10(7-9)16-23-14-4-6-27-15(14)17(24-16)22-13-3-5-21-8-11(13)18(25)26;13-6-1-2-8(15)7(5-6)12-16-9-3-4-18-10(9)11(14)17-12;;/h3-5,7,9-10H,2,6,8H2,1H3,(H,23,24,25,26);2-4,6,8-9H,5,7H2,1H3,(H,22,27)(H,23,24,25,26);1-3,5,7-8H,4,6H2,(H,25,26)(H,21,22,23,24);1-2,5H,3-4H2;;1H2/q;;;;+1;/p-1. The zero-order valence-corrected chi connectivity index (χ0v) is 60.2. The van der Waals surface area contributed by atoms with Crippen LogP contribution in [0.15, 0.2) is 128 Å². The second-order valence-electron chi connectivity index (χ2n) is 21.8. The van der Waals surface area contributed by atoms with E-state index in [1.165, 1.54) is 117 Å². The number of anilines is 6. The van der Waals surface area contributed by atoms with Gasteiger partial charge in [0.25, 0.3) is 5.91 Å². The number of hydrogen-bond donors (Lipinski definition) is 5. The van der Waals surface area contributed by atoms with Gasteiger partial charge in [-0.1, -0.05) is 58.0 Å². The Hall–Kier alpha value is -10.2. The Morgan fingerprint density at radius 3 is 1.13 bits per heavy atom. The van der Waals surface area contributed by atoms with Crippen LogP contribution in [-0.4, -0.2) is 123 Å². The Kier molecular flexibility index (Phi) is 25.3. The number of pyridine rings is 3. The van der Waals surface area contributed by atoms with Gasteiger partial charge in [0.15, 0.2) is 68.9 Å². The Morgan fingerprint density at radius 2 is 0.779 bits per heavy atom. The largest absolute Gasteiger partial charge is 1.00 e. The molecule has 0 aliphatic carbocycles. The van der Waals surface area contributed by atoms with Gasteiger partial charge in [0, 0.05) is 90.0 Å². The Labute approximate surface area is 635 Å². The fraction of sp³-hybridized carbons (Fsp3) is 0.159. The van der Waals surface area contributed by atoms with E-state index in [2.05, 4.69) is 76.1 Å². The number of carboxylic acids is 1. The number of benzene rings is 4. The van der Waals surface area contributed by atoms with E-state index in [1.807, 2.05) is 0 Å². The van der Waals surface area contributed by atoms with Crippen molar-refractivity contribution in [3.8, 4) is 68.5 Å². The minimum Gasteiger partial charge on any atom is -0.870 e. The molecule has 11 heterocycles. The van der Waals surface area contributed by atoms with E-state index in [4.69, 9.17) is 81.7 Å². The van der Waals surface area contributed by atoms with Crippen molar-refractivity contribution in [3.63, 3.8) is 0 Å². The molecule has 25 nitrogen and oxygen atoms in total. The number of nitrogens with one attached hydrogen (secondary N) is 4. The van der Waals surface area contributed by atoms with Crippen LogP contribution >= 0.6 is 58.0 Å². The molecule has 0 bridgehead atoms. The number of hydrogen-bond acceptors (Lipinski definition) is 23. The Morgan fingerprint density at radius 1 is 0.462 bits per heavy atom. The molecule has 0 radical (unpaired) electrons. The van der Waals surface area contributed by atoms with Gasteiger partial charge >= 0.3 is 41.5 Å². The molecule has 0 saturated heterocycles. The number of carbonyl (C=O) groups is 3. The molecule has 0 fully saturated rings. The maximum atomic E-state index is 14.4. The number of carbonyl (C=O) groups excluding carboxylic acids is 2. The van der Waals surface area contributed by atoms with Crippen LogP contribution in [0.4, 0.5) is 52.1 Å². The fourth-order valence-electron chi connectivity index (χ4n) is 10.4. The SMILES string of the molecule is CCOC(=O)c1cnccc1Nc1nc(-c2cc(Cl)ccc2F)nc2c1OCC2.CNC(=O)c1cnccc1Nc1nc(-c2cc(Cl)ccc2F)nc2c1OCC2.Fc1ccc(Cl)cc1-c1nc(Cl)c2c(n1)CCO2.O=C(O)c1cnccc1Nc1nc(-c2cc(Cl)ccc2F)nc2c1OCC2.[Na+].[OH-]. The summed E-state index contributed by atoms with van der Waals surface area (Å²) in [6.45, 7) is 3.75. The number of nitrogens with zero attached hydrogens (tertiary/aromatic N) is 11. The van der Waals surface area contributed by atoms with Gasteiger partial charge in [0.1, 0.15) is 34.4 Å². The molecule has 0 atom stereocenters. The molecule has 4 aliphatic heterocycles. The van der Waals surface area contributed by atoms with Crippen LogP contribution in [0, 0.1) is 23.3 Å². The summed E-state index contributed by atoms with van der Waals surface area (Å²) in [6.07, 6.45) is 10.9. The van der Waals surface area contributed by atoms with Crippen molar-refractivity contribution in [2.24, 2.45) is 0 Å². The summed E-state index contributed by atoms with van der Waals surface area (Å²) in [5.41, 5.74) is 5.11. The Bertz CT molecular complexity index is 5110. The zero-order chi connectivity index (χ0) is 71.7. The van der Waals surface area contributed by atoms with Gasteiger partial charge in [0.05, 0.1) is 101 Å². The summed E-state index contributed by atoms with van der Waals surface area (Å²) in [4.78, 5) is 82.3. The van der Waals surface area contributed by atoms with E-state index in [9.17, 15) is 37.1 Å². The second-order valence-corrected chi connectivity index (χ2v) is 23.9. The monoisotopic (exact) mass is 1520 g/mol. The van der Waals surface area contributed by atoms with E-state index < -0.39 is 35.2 Å². The summed E-state index contributed by atoms with van der Waals surface area (Å²) in [7, 11) is 1.53. The number of rotatable bonds is 14.